The molecule has 0 unspecified atom stereocenters. The van der Waals surface area contributed by atoms with E-state index in [0.29, 0.717) is 6.42 Å². The number of hydrogen-bond acceptors (Lipinski definition) is 3. The Hall–Kier alpha value is -2.53. The van der Waals surface area contributed by atoms with Gasteiger partial charge in [-0.2, -0.15) is 5.10 Å². The Bertz CT molecular complexity index is 901. The Labute approximate surface area is 165 Å². The van der Waals surface area contributed by atoms with Crippen LogP contribution in [0.3, 0.4) is 0 Å². The number of aromatic nitrogens is 2. The minimum absolute atomic E-state index is 0.0401. The summed E-state index contributed by atoms with van der Waals surface area (Å²) in [5.41, 5.74) is 4.81. The largest absolute Gasteiger partial charge is 0.323 e. The molecule has 0 atom stereocenters. The van der Waals surface area contributed by atoms with Gasteiger partial charge in [-0.25, -0.2) is 4.68 Å². The Balaban J connectivity index is 1.57. The molecule has 140 valence electrons. The fourth-order valence-electron chi connectivity index (χ4n) is 2.90. The number of rotatable bonds is 7. The van der Waals surface area contributed by atoms with E-state index in [-0.39, 0.29) is 5.91 Å². The Kier molecular flexibility index (Phi) is 6.35. The summed E-state index contributed by atoms with van der Waals surface area (Å²) in [5, 5.41) is 7.64. The van der Waals surface area contributed by atoms with E-state index in [9.17, 15) is 4.79 Å². The van der Waals surface area contributed by atoms with E-state index in [1.165, 1.54) is 10.5 Å². The first-order valence-electron chi connectivity index (χ1n) is 9.15. The van der Waals surface area contributed by atoms with Crippen LogP contribution in [-0.4, -0.2) is 21.4 Å². The third-order valence-corrected chi connectivity index (χ3v) is 5.49. The summed E-state index contributed by atoms with van der Waals surface area (Å²) in [6.45, 7) is 5.98. The van der Waals surface area contributed by atoms with Gasteiger partial charge in [0, 0.05) is 11.3 Å². The fourth-order valence-corrected chi connectivity index (χ4v) is 3.78. The third-order valence-electron chi connectivity index (χ3n) is 4.39. The van der Waals surface area contributed by atoms with E-state index in [1.54, 1.807) is 11.8 Å². The highest BCUT2D eigenvalue weighted by molar-refractivity contribution is 7.99. The smallest absolute Gasteiger partial charge is 0.224 e. The zero-order valence-corrected chi connectivity index (χ0v) is 16.8. The predicted molar refractivity (Wildman–Crippen MR) is 113 cm³/mol. The van der Waals surface area contributed by atoms with Crippen molar-refractivity contribution < 1.29 is 4.79 Å². The van der Waals surface area contributed by atoms with Gasteiger partial charge in [-0.15, -0.1) is 11.8 Å². The maximum atomic E-state index is 12.4. The van der Waals surface area contributed by atoms with Gasteiger partial charge in [0.1, 0.15) is 0 Å². The molecule has 0 bridgehead atoms. The molecule has 0 saturated heterocycles. The second kappa shape index (κ2) is 8.91. The number of carbonyl (C=O) groups excluding carboxylic acids is 1. The van der Waals surface area contributed by atoms with Crippen molar-refractivity contribution in [3.8, 4) is 5.69 Å². The summed E-state index contributed by atoms with van der Waals surface area (Å²) in [6.07, 6.45) is 1.35. The molecule has 0 aliphatic carbocycles. The lowest BCUT2D eigenvalue weighted by Gasteiger charge is -2.07. The highest BCUT2D eigenvalue weighted by atomic mass is 32.2. The summed E-state index contributed by atoms with van der Waals surface area (Å²) < 4.78 is 1.88. The molecule has 2 aromatic carbocycles. The topological polar surface area (TPSA) is 46.9 Å². The van der Waals surface area contributed by atoms with Crippen LogP contribution in [0, 0.1) is 20.8 Å². The fraction of sp³-hybridized carbons (Fsp3) is 0.273. The summed E-state index contributed by atoms with van der Waals surface area (Å²) >= 11 is 1.78. The molecule has 1 aromatic heterocycles. The van der Waals surface area contributed by atoms with Gasteiger partial charge in [-0.1, -0.05) is 35.9 Å². The zero-order valence-electron chi connectivity index (χ0n) is 16.0. The summed E-state index contributed by atoms with van der Waals surface area (Å²) in [7, 11) is 0. The van der Waals surface area contributed by atoms with Crippen LogP contribution in [0.5, 0.6) is 0 Å². The zero-order chi connectivity index (χ0) is 19.2. The van der Waals surface area contributed by atoms with Gasteiger partial charge in [0.2, 0.25) is 5.91 Å². The number of carbonyl (C=O) groups is 1. The van der Waals surface area contributed by atoms with E-state index in [2.05, 4.69) is 41.6 Å². The van der Waals surface area contributed by atoms with Crippen molar-refractivity contribution in [2.75, 3.05) is 11.1 Å². The highest BCUT2D eigenvalue weighted by Gasteiger charge is 2.15. The molecule has 0 aliphatic heterocycles. The first-order valence-corrected chi connectivity index (χ1v) is 10.1. The van der Waals surface area contributed by atoms with Crippen molar-refractivity contribution in [2.45, 2.75) is 38.5 Å². The van der Waals surface area contributed by atoms with Gasteiger partial charge in [-0.3, -0.25) is 4.79 Å². The van der Waals surface area contributed by atoms with Crippen molar-refractivity contribution in [3.05, 3.63) is 71.5 Å². The first-order chi connectivity index (χ1) is 13.0. The number of aryl methyl sites for hydroxylation is 2. The maximum absolute atomic E-state index is 12.4. The van der Waals surface area contributed by atoms with Crippen molar-refractivity contribution in [2.24, 2.45) is 0 Å². The molecule has 0 radical (unpaired) electrons. The lowest BCUT2D eigenvalue weighted by Crippen LogP contribution is -2.13. The van der Waals surface area contributed by atoms with Crippen molar-refractivity contribution in [1.29, 1.82) is 0 Å². The van der Waals surface area contributed by atoms with Gasteiger partial charge < -0.3 is 5.32 Å². The summed E-state index contributed by atoms with van der Waals surface area (Å²) in [5.74, 6) is 0.969. The van der Waals surface area contributed by atoms with Crippen LogP contribution in [0.1, 0.15) is 29.8 Å². The minimum Gasteiger partial charge on any atom is -0.323 e. The van der Waals surface area contributed by atoms with Crippen molar-refractivity contribution >= 4 is 23.4 Å². The molecule has 27 heavy (non-hydrogen) atoms. The van der Waals surface area contributed by atoms with Crippen LogP contribution in [-0.2, 0) is 4.79 Å². The number of benzene rings is 2. The first kappa shape index (κ1) is 19.2. The maximum Gasteiger partial charge on any atom is 0.224 e. The molecule has 1 amide bonds. The van der Waals surface area contributed by atoms with Crippen LogP contribution in [0.2, 0.25) is 0 Å². The lowest BCUT2D eigenvalue weighted by atomic mass is 10.2. The molecule has 0 aliphatic rings. The third kappa shape index (κ3) is 5.01. The van der Waals surface area contributed by atoms with E-state index < -0.39 is 0 Å². The molecule has 3 aromatic rings. The van der Waals surface area contributed by atoms with Crippen LogP contribution in [0.4, 0.5) is 5.69 Å². The molecule has 1 N–H and O–H groups in total. The normalized spacial score (nSPS) is 10.8. The molecule has 5 heteroatoms. The number of nitrogens with zero attached hydrogens (tertiary/aromatic N) is 2. The van der Waals surface area contributed by atoms with E-state index in [1.807, 2.05) is 48.9 Å². The molecule has 0 saturated carbocycles. The molecular formula is C22H25N3OS. The number of hydrogen-bond donors (Lipinski definition) is 1. The second-order valence-corrected chi connectivity index (χ2v) is 7.77. The number of nitrogens with one attached hydrogen (secondary N) is 1. The van der Waals surface area contributed by atoms with E-state index in [4.69, 9.17) is 0 Å². The Morgan fingerprint density at radius 2 is 1.74 bits per heavy atom. The van der Waals surface area contributed by atoms with E-state index in [0.717, 1.165) is 34.9 Å². The van der Waals surface area contributed by atoms with Crippen LogP contribution < -0.4 is 5.32 Å². The molecule has 0 fully saturated rings. The average molecular weight is 380 g/mol. The number of thioether (sulfide) groups is 1. The highest BCUT2D eigenvalue weighted by Crippen LogP contribution is 2.24. The molecule has 1 heterocycles. The quantitative estimate of drug-likeness (QED) is 0.447. The SMILES string of the molecule is Cc1ccc(-n2nc(C)c(NC(=O)CCCSc3ccccc3)c2C)cc1. The average Bonchev–Trinajstić information content (AvgIpc) is 2.95. The van der Waals surface area contributed by atoms with Gasteiger partial charge in [0.15, 0.2) is 0 Å². The Morgan fingerprint density at radius 3 is 2.44 bits per heavy atom. The summed E-state index contributed by atoms with van der Waals surface area (Å²) in [6, 6.07) is 18.5. The molecule has 3 rings (SSSR count). The van der Waals surface area contributed by atoms with Gasteiger partial charge in [0.05, 0.1) is 22.8 Å². The predicted octanol–water partition coefficient (Wildman–Crippen LogP) is 5.31. The lowest BCUT2D eigenvalue weighted by molar-refractivity contribution is -0.116. The van der Waals surface area contributed by atoms with Crippen LogP contribution >= 0.6 is 11.8 Å². The molecule has 0 spiro atoms. The number of amides is 1. The van der Waals surface area contributed by atoms with Crippen LogP contribution in [0.15, 0.2) is 59.5 Å². The van der Waals surface area contributed by atoms with E-state index >= 15 is 0 Å². The minimum atomic E-state index is 0.0401. The Morgan fingerprint density at radius 1 is 1.04 bits per heavy atom. The van der Waals surface area contributed by atoms with Gasteiger partial charge in [0.25, 0.3) is 0 Å². The molecular weight excluding hydrogens is 354 g/mol. The standard InChI is InChI=1S/C22H25N3OS/c1-16-11-13-19(14-12-16)25-18(3)22(17(2)24-25)23-21(26)10-7-15-27-20-8-5-4-6-9-20/h4-6,8-9,11-14H,7,10,15H2,1-3H3,(H,23,26). The monoisotopic (exact) mass is 379 g/mol. The van der Waals surface area contributed by atoms with Crippen LogP contribution in [0.25, 0.3) is 5.69 Å². The number of anilines is 1. The van der Waals surface area contributed by atoms with Crippen molar-refractivity contribution in [1.82, 2.24) is 9.78 Å². The van der Waals surface area contributed by atoms with Crippen molar-refractivity contribution in [3.63, 3.8) is 0 Å². The summed E-state index contributed by atoms with van der Waals surface area (Å²) in [4.78, 5) is 13.6. The van der Waals surface area contributed by atoms with Gasteiger partial charge in [-0.05, 0) is 57.2 Å². The second-order valence-electron chi connectivity index (χ2n) is 6.61. The molecule has 4 nitrogen and oxygen atoms in total. The van der Waals surface area contributed by atoms with Gasteiger partial charge >= 0.3 is 0 Å².